The number of rotatable bonds is 2. The first-order chi connectivity index (χ1) is 11.7. The highest BCUT2D eigenvalue weighted by molar-refractivity contribution is 5.77. The lowest BCUT2D eigenvalue weighted by Crippen LogP contribution is -2.15. The first-order valence-corrected chi connectivity index (χ1v) is 7.34. The fraction of sp³-hybridized carbons (Fsp3) is 0.118. The molecule has 0 unspecified atom stereocenters. The summed E-state index contributed by atoms with van der Waals surface area (Å²) in [7, 11) is 0. The molecule has 2 aromatic carbocycles. The third kappa shape index (κ3) is 2.20. The molecule has 0 atom stereocenters. The van der Waals surface area contributed by atoms with Gasteiger partial charge in [-0.25, -0.2) is 8.78 Å². The molecular formula is C17H11F2N5. The number of aromatic amines is 1. The Kier molecular flexibility index (Phi) is 3.24. The Morgan fingerprint density at radius 3 is 2.79 bits per heavy atom. The lowest BCUT2D eigenvalue weighted by Gasteiger charge is -2.20. The molecule has 1 aliphatic heterocycles. The molecule has 0 saturated heterocycles. The van der Waals surface area contributed by atoms with Crippen LogP contribution < -0.4 is 4.90 Å². The Labute approximate surface area is 136 Å². The molecule has 7 heteroatoms. The molecule has 4 rings (SSSR count). The largest absolute Gasteiger partial charge is 0.338 e. The van der Waals surface area contributed by atoms with Crippen molar-refractivity contribution >= 4 is 11.4 Å². The van der Waals surface area contributed by atoms with Crippen LogP contribution in [-0.2, 0) is 6.42 Å². The van der Waals surface area contributed by atoms with Gasteiger partial charge in [-0.3, -0.25) is 0 Å². The van der Waals surface area contributed by atoms with Crippen LogP contribution in [-0.4, -0.2) is 22.0 Å². The maximum atomic E-state index is 14.1. The molecule has 24 heavy (non-hydrogen) atoms. The Morgan fingerprint density at radius 2 is 1.96 bits per heavy atom. The maximum Gasteiger partial charge on any atom is 0.190 e. The van der Waals surface area contributed by atoms with E-state index in [1.54, 1.807) is 4.90 Å². The zero-order valence-corrected chi connectivity index (χ0v) is 12.4. The molecule has 0 fully saturated rings. The zero-order chi connectivity index (χ0) is 16.7. The quantitative estimate of drug-likeness (QED) is 0.785. The molecule has 0 spiro atoms. The van der Waals surface area contributed by atoms with Gasteiger partial charge in [0.05, 0.1) is 5.69 Å². The van der Waals surface area contributed by atoms with Crippen molar-refractivity contribution in [1.29, 1.82) is 5.26 Å². The average molecular weight is 323 g/mol. The number of nitrogens with zero attached hydrogens (tertiary/aromatic N) is 4. The summed E-state index contributed by atoms with van der Waals surface area (Å²) in [5.41, 5.74) is 3.34. The second-order valence-corrected chi connectivity index (χ2v) is 5.47. The number of nitriles is 1. The summed E-state index contributed by atoms with van der Waals surface area (Å²) in [6, 6.07) is 11.0. The van der Waals surface area contributed by atoms with Crippen LogP contribution in [0.1, 0.15) is 11.3 Å². The molecule has 3 aromatic rings. The van der Waals surface area contributed by atoms with Crippen LogP contribution in [0.25, 0.3) is 11.3 Å². The summed E-state index contributed by atoms with van der Waals surface area (Å²) in [5, 5.41) is 19.3. The molecular weight excluding hydrogens is 312 g/mol. The molecule has 2 heterocycles. The van der Waals surface area contributed by atoms with E-state index in [9.17, 15) is 8.78 Å². The zero-order valence-electron chi connectivity index (χ0n) is 12.4. The van der Waals surface area contributed by atoms with Crippen molar-refractivity contribution in [2.75, 3.05) is 11.4 Å². The minimum Gasteiger partial charge on any atom is -0.338 e. The van der Waals surface area contributed by atoms with E-state index in [1.807, 2.05) is 24.3 Å². The van der Waals surface area contributed by atoms with Gasteiger partial charge in [0.2, 0.25) is 0 Å². The minimum absolute atomic E-state index is 0.191. The monoisotopic (exact) mass is 323 g/mol. The summed E-state index contributed by atoms with van der Waals surface area (Å²) in [5.74, 6) is -0.965. The highest BCUT2D eigenvalue weighted by Crippen LogP contribution is 2.38. The van der Waals surface area contributed by atoms with Crippen molar-refractivity contribution in [2.45, 2.75) is 6.42 Å². The smallest absolute Gasteiger partial charge is 0.190 e. The van der Waals surface area contributed by atoms with Gasteiger partial charge in [-0.05, 0) is 30.2 Å². The first kappa shape index (κ1) is 14.3. The summed E-state index contributed by atoms with van der Waals surface area (Å²) in [6.45, 7) is 0.559. The van der Waals surface area contributed by atoms with Gasteiger partial charge in [-0.1, -0.05) is 12.1 Å². The fourth-order valence-electron chi connectivity index (χ4n) is 2.98. The SMILES string of the molecule is N#Cc1n[nH]nc1-c1ccc2c(c1)N(c1cc(F)ccc1F)CC2. The molecule has 5 nitrogen and oxygen atoms in total. The average Bonchev–Trinajstić information content (AvgIpc) is 3.22. The molecule has 1 aliphatic rings. The van der Waals surface area contributed by atoms with Crippen molar-refractivity contribution in [3.63, 3.8) is 0 Å². The van der Waals surface area contributed by atoms with Crippen LogP contribution >= 0.6 is 0 Å². The Balaban J connectivity index is 1.82. The molecule has 118 valence electrons. The number of hydrogen-bond donors (Lipinski definition) is 1. The third-order valence-electron chi connectivity index (χ3n) is 4.11. The highest BCUT2D eigenvalue weighted by atomic mass is 19.1. The predicted molar refractivity (Wildman–Crippen MR) is 83.6 cm³/mol. The molecule has 0 saturated carbocycles. The van der Waals surface area contributed by atoms with Crippen LogP contribution in [0.15, 0.2) is 36.4 Å². The van der Waals surface area contributed by atoms with Crippen LogP contribution in [0.2, 0.25) is 0 Å². The van der Waals surface area contributed by atoms with E-state index in [2.05, 4.69) is 15.4 Å². The number of nitrogens with one attached hydrogen (secondary N) is 1. The van der Waals surface area contributed by atoms with Gasteiger partial charge in [0, 0.05) is 23.9 Å². The Bertz CT molecular complexity index is 973. The number of H-pyrrole nitrogens is 1. The van der Waals surface area contributed by atoms with E-state index in [-0.39, 0.29) is 11.4 Å². The number of anilines is 2. The van der Waals surface area contributed by atoms with E-state index in [4.69, 9.17) is 5.26 Å². The summed E-state index contributed by atoms with van der Waals surface area (Å²) < 4.78 is 27.7. The molecule has 0 amide bonds. The lowest BCUT2D eigenvalue weighted by molar-refractivity contribution is 0.599. The maximum absolute atomic E-state index is 14.1. The van der Waals surface area contributed by atoms with Gasteiger partial charge in [-0.15, -0.1) is 5.10 Å². The summed E-state index contributed by atoms with van der Waals surface area (Å²) >= 11 is 0. The van der Waals surface area contributed by atoms with Crippen LogP contribution in [0.3, 0.4) is 0 Å². The van der Waals surface area contributed by atoms with E-state index in [1.165, 1.54) is 6.07 Å². The van der Waals surface area contributed by atoms with Gasteiger partial charge < -0.3 is 4.90 Å². The van der Waals surface area contributed by atoms with Crippen LogP contribution in [0.4, 0.5) is 20.2 Å². The number of benzene rings is 2. The topological polar surface area (TPSA) is 68.6 Å². The Hall–Kier alpha value is -3.27. The summed E-state index contributed by atoms with van der Waals surface area (Å²) in [4.78, 5) is 1.74. The fourth-order valence-corrected chi connectivity index (χ4v) is 2.98. The van der Waals surface area contributed by atoms with Crippen LogP contribution in [0.5, 0.6) is 0 Å². The second kappa shape index (κ2) is 5.42. The van der Waals surface area contributed by atoms with E-state index in [0.717, 1.165) is 29.8 Å². The van der Waals surface area contributed by atoms with E-state index >= 15 is 0 Å². The lowest BCUT2D eigenvalue weighted by atomic mass is 10.1. The molecule has 1 aromatic heterocycles. The van der Waals surface area contributed by atoms with Gasteiger partial charge >= 0.3 is 0 Å². The molecule has 1 N–H and O–H groups in total. The van der Waals surface area contributed by atoms with Gasteiger partial charge in [-0.2, -0.15) is 15.6 Å². The van der Waals surface area contributed by atoms with E-state index < -0.39 is 11.6 Å². The van der Waals surface area contributed by atoms with Crippen LogP contribution in [0, 0.1) is 23.0 Å². The number of fused-ring (bicyclic) bond motifs is 1. The van der Waals surface area contributed by atoms with Gasteiger partial charge in [0.15, 0.2) is 5.69 Å². The highest BCUT2D eigenvalue weighted by Gasteiger charge is 2.24. The van der Waals surface area contributed by atoms with Crippen molar-refractivity contribution in [2.24, 2.45) is 0 Å². The van der Waals surface area contributed by atoms with Crippen molar-refractivity contribution in [1.82, 2.24) is 15.4 Å². The van der Waals surface area contributed by atoms with Crippen molar-refractivity contribution < 1.29 is 8.78 Å². The molecule has 0 radical (unpaired) electrons. The standard InChI is InChI=1S/C17H11F2N5/c18-12-3-4-13(19)16(8-12)24-6-5-10-1-2-11(7-15(10)24)17-14(9-20)21-23-22-17/h1-4,7-8H,5-6H2,(H,21,22,23). The van der Waals surface area contributed by atoms with Gasteiger partial charge in [0.25, 0.3) is 0 Å². The van der Waals surface area contributed by atoms with Crippen molar-refractivity contribution in [3.8, 4) is 17.3 Å². The number of halogens is 2. The van der Waals surface area contributed by atoms with Crippen molar-refractivity contribution in [3.05, 3.63) is 59.3 Å². The molecule has 0 aliphatic carbocycles. The minimum atomic E-state index is -0.487. The summed E-state index contributed by atoms with van der Waals surface area (Å²) in [6.07, 6.45) is 0.732. The third-order valence-corrected chi connectivity index (χ3v) is 4.11. The number of aromatic nitrogens is 3. The molecule has 0 bridgehead atoms. The predicted octanol–water partition coefficient (Wildman–Crippen LogP) is 3.32. The van der Waals surface area contributed by atoms with E-state index in [0.29, 0.717) is 17.8 Å². The number of hydrogen-bond acceptors (Lipinski definition) is 4. The first-order valence-electron chi connectivity index (χ1n) is 7.34. The second-order valence-electron chi connectivity index (χ2n) is 5.47. The Morgan fingerprint density at radius 1 is 1.08 bits per heavy atom. The normalized spacial score (nSPS) is 13.0. The van der Waals surface area contributed by atoms with Gasteiger partial charge in [0.1, 0.15) is 23.4 Å².